The van der Waals surface area contributed by atoms with Gasteiger partial charge < -0.3 is 4.43 Å². The molecule has 0 amide bonds. The normalized spacial score (nSPS) is 11.3. The van der Waals surface area contributed by atoms with Crippen molar-refractivity contribution in [2.75, 3.05) is 0 Å². The molecule has 0 saturated heterocycles. The Hall–Kier alpha value is -1.28. The number of hydrogen-bond donors (Lipinski definition) is 0. The molecule has 0 atom stereocenters. The van der Waals surface area contributed by atoms with Crippen LogP contribution < -0.4 is 4.43 Å². The van der Waals surface area contributed by atoms with Crippen LogP contribution in [0.4, 0.5) is 0 Å². The number of rotatable bonds is 7. The molecule has 0 aliphatic rings. The molecule has 0 aromatic heterocycles. The van der Waals surface area contributed by atoms with Gasteiger partial charge in [-0.2, -0.15) is 0 Å². The maximum Gasteiger partial charge on any atom is 0.242 e. The standard InChI is InChI=1S/C16H24OSi/c1-6-10-14(11-7-2)15-12-8-9-13-16(15)17-18(3,4)5/h6-9,12-14H,1-2,10-11H2,3-5H3. The molecule has 0 aliphatic carbocycles. The van der Waals surface area contributed by atoms with Crippen molar-refractivity contribution in [2.45, 2.75) is 38.4 Å². The first kappa shape index (κ1) is 14.8. The van der Waals surface area contributed by atoms with Crippen molar-refractivity contribution in [1.82, 2.24) is 0 Å². The van der Waals surface area contributed by atoms with Crippen molar-refractivity contribution in [3.05, 3.63) is 55.1 Å². The lowest BCUT2D eigenvalue weighted by molar-refractivity contribution is 0.536. The fourth-order valence-corrected chi connectivity index (χ4v) is 2.84. The highest BCUT2D eigenvalue weighted by Crippen LogP contribution is 2.33. The highest BCUT2D eigenvalue weighted by atomic mass is 28.4. The van der Waals surface area contributed by atoms with Crippen LogP contribution in [0.5, 0.6) is 5.75 Å². The predicted octanol–water partition coefficient (Wildman–Crippen LogP) is 5.14. The molecule has 18 heavy (non-hydrogen) atoms. The molecule has 0 saturated carbocycles. The fourth-order valence-electron chi connectivity index (χ4n) is 1.99. The average Bonchev–Trinajstić information content (AvgIpc) is 2.27. The second-order valence-corrected chi connectivity index (χ2v) is 9.93. The lowest BCUT2D eigenvalue weighted by Gasteiger charge is -2.24. The third-order valence-electron chi connectivity index (χ3n) is 2.68. The summed E-state index contributed by atoms with van der Waals surface area (Å²) in [5.74, 6) is 1.46. The third kappa shape index (κ3) is 4.53. The van der Waals surface area contributed by atoms with Crippen molar-refractivity contribution in [2.24, 2.45) is 0 Å². The Morgan fingerprint density at radius 1 is 1.11 bits per heavy atom. The van der Waals surface area contributed by atoms with Crippen molar-refractivity contribution in [1.29, 1.82) is 0 Å². The summed E-state index contributed by atoms with van der Waals surface area (Å²) in [4.78, 5) is 0. The molecule has 1 aromatic rings. The summed E-state index contributed by atoms with van der Waals surface area (Å²) >= 11 is 0. The van der Waals surface area contributed by atoms with Gasteiger partial charge in [0.1, 0.15) is 5.75 Å². The molecule has 0 N–H and O–H groups in total. The van der Waals surface area contributed by atoms with E-state index in [1.165, 1.54) is 5.56 Å². The summed E-state index contributed by atoms with van der Waals surface area (Å²) in [5, 5.41) is 0. The van der Waals surface area contributed by atoms with E-state index < -0.39 is 8.32 Å². The summed E-state index contributed by atoms with van der Waals surface area (Å²) < 4.78 is 6.18. The number of benzene rings is 1. The topological polar surface area (TPSA) is 9.23 Å². The van der Waals surface area contributed by atoms with Crippen LogP contribution in [-0.4, -0.2) is 8.32 Å². The maximum atomic E-state index is 6.18. The maximum absolute atomic E-state index is 6.18. The van der Waals surface area contributed by atoms with Crippen LogP contribution in [0.1, 0.15) is 24.3 Å². The lowest BCUT2D eigenvalue weighted by atomic mass is 9.92. The first-order chi connectivity index (χ1) is 8.48. The summed E-state index contributed by atoms with van der Waals surface area (Å²) in [6, 6.07) is 8.35. The average molecular weight is 260 g/mol. The largest absolute Gasteiger partial charge is 0.544 e. The van der Waals surface area contributed by atoms with E-state index >= 15 is 0 Å². The third-order valence-corrected chi connectivity index (χ3v) is 3.51. The van der Waals surface area contributed by atoms with Gasteiger partial charge in [-0.05, 0) is 50.0 Å². The van der Waals surface area contributed by atoms with Gasteiger partial charge in [0.2, 0.25) is 8.32 Å². The van der Waals surface area contributed by atoms with Crippen molar-refractivity contribution in [3.8, 4) is 5.75 Å². The van der Waals surface area contributed by atoms with E-state index in [0.717, 1.165) is 18.6 Å². The van der Waals surface area contributed by atoms with E-state index in [1.54, 1.807) is 0 Å². The molecule has 1 nitrogen and oxygen atoms in total. The van der Waals surface area contributed by atoms with Crippen molar-refractivity contribution >= 4 is 8.32 Å². The van der Waals surface area contributed by atoms with Gasteiger partial charge in [0.25, 0.3) is 0 Å². The smallest absolute Gasteiger partial charge is 0.242 e. The first-order valence-electron chi connectivity index (χ1n) is 6.47. The molecular weight excluding hydrogens is 236 g/mol. The van der Waals surface area contributed by atoms with E-state index in [9.17, 15) is 0 Å². The van der Waals surface area contributed by atoms with Crippen LogP contribution in [0.2, 0.25) is 19.6 Å². The van der Waals surface area contributed by atoms with E-state index in [0.29, 0.717) is 5.92 Å². The van der Waals surface area contributed by atoms with Crippen LogP contribution in [0.15, 0.2) is 49.6 Å². The SMILES string of the molecule is C=CCC(CC=C)c1ccccc1O[Si](C)(C)C. The molecule has 98 valence electrons. The van der Waals surface area contributed by atoms with Crippen LogP contribution >= 0.6 is 0 Å². The van der Waals surface area contributed by atoms with Gasteiger partial charge in [0.05, 0.1) is 0 Å². The van der Waals surface area contributed by atoms with Crippen molar-refractivity contribution < 1.29 is 4.43 Å². The molecule has 0 bridgehead atoms. The van der Waals surface area contributed by atoms with Gasteiger partial charge in [-0.3, -0.25) is 0 Å². The Morgan fingerprint density at radius 3 is 2.17 bits per heavy atom. The van der Waals surface area contributed by atoms with Gasteiger partial charge >= 0.3 is 0 Å². The summed E-state index contributed by atoms with van der Waals surface area (Å²) in [7, 11) is -1.57. The highest BCUT2D eigenvalue weighted by Gasteiger charge is 2.20. The summed E-state index contributed by atoms with van der Waals surface area (Å²) in [6.07, 6.45) is 5.86. The Labute approximate surface area is 112 Å². The van der Waals surface area contributed by atoms with Gasteiger partial charge in [-0.15, -0.1) is 13.2 Å². The Morgan fingerprint density at radius 2 is 1.67 bits per heavy atom. The van der Waals surface area contributed by atoms with Crippen LogP contribution in [0, 0.1) is 0 Å². The molecule has 0 fully saturated rings. The Balaban J connectivity index is 3.04. The van der Waals surface area contributed by atoms with Crippen LogP contribution in [0.25, 0.3) is 0 Å². The van der Waals surface area contributed by atoms with E-state index in [-0.39, 0.29) is 0 Å². The molecule has 2 heteroatoms. The second-order valence-electron chi connectivity index (χ2n) is 5.50. The first-order valence-corrected chi connectivity index (χ1v) is 9.88. The molecular formula is C16H24OSi. The van der Waals surface area contributed by atoms with Gasteiger partial charge in [0.15, 0.2) is 0 Å². The molecule has 1 rings (SSSR count). The lowest BCUT2D eigenvalue weighted by Crippen LogP contribution is -2.30. The summed E-state index contributed by atoms with van der Waals surface area (Å²) in [5.41, 5.74) is 1.28. The molecule has 0 radical (unpaired) electrons. The quantitative estimate of drug-likeness (QED) is 0.487. The minimum absolute atomic E-state index is 0.424. The minimum atomic E-state index is -1.57. The van der Waals surface area contributed by atoms with Crippen LogP contribution in [-0.2, 0) is 0 Å². The van der Waals surface area contributed by atoms with E-state index in [4.69, 9.17) is 4.43 Å². The zero-order valence-electron chi connectivity index (χ0n) is 11.8. The van der Waals surface area contributed by atoms with E-state index in [1.807, 2.05) is 18.2 Å². The minimum Gasteiger partial charge on any atom is -0.544 e. The molecule has 0 heterocycles. The fraction of sp³-hybridized carbons (Fsp3) is 0.375. The number of allylic oxidation sites excluding steroid dienone is 2. The number of para-hydroxylation sites is 1. The second kappa shape index (κ2) is 6.60. The van der Waals surface area contributed by atoms with Crippen LogP contribution in [0.3, 0.4) is 0 Å². The van der Waals surface area contributed by atoms with Gasteiger partial charge in [-0.25, -0.2) is 0 Å². The molecule has 1 aromatic carbocycles. The van der Waals surface area contributed by atoms with E-state index in [2.05, 4.69) is 51.0 Å². The van der Waals surface area contributed by atoms with Crippen molar-refractivity contribution in [3.63, 3.8) is 0 Å². The summed E-state index contributed by atoms with van der Waals surface area (Å²) in [6.45, 7) is 14.3. The number of hydrogen-bond acceptors (Lipinski definition) is 1. The molecule has 0 spiro atoms. The zero-order valence-corrected chi connectivity index (χ0v) is 12.8. The highest BCUT2D eigenvalue weighted by molar-refractivity contribution is 6.70. The molecule has 0 aliphatic heterocycles. The zero-order chi connectivity index (χ0) is 13.6. The molecule has 0 unspecified atom stereocenters. The predicted molar refractivity (Wildman–Crippen MR) is 82.8 cm³/mol. The monoisotopic (exact) mass is 260 g/mol. The Bertz CT molecular complexity index is 394. The van der Waals surface area contributed by atoms with Gasteiger partial charge in [0, 0.05) is 0 Å². The Kier molecular flexibility index (Phi) is 5.42. The van der Waals surface area contributed by atoms with Gasteiger partial charge in [-0.1, -0.05) is 30.4 Å².